The first kappa shape index (κ1) is 20.5. The number of carbonyl (C=O) groups is 2. The minimum Gasteiger partial charge on any atom is -0.508 e. The number of anilines is 1. The van der Waals surface area contributed by atoms with E-state index in [2.05, 4.69) is 15.8 Å². The largest absolute Gasteiger partial charge is 0.508 e. The number of halogens is 1. The zero-order chi connectivity index (χ0) is 19.8. The molecule has 7 heteroatoms. The Labute approximate surface area is 163 Å². The van der Waals surface area contributed by atoms with E-state index in [1.54, 1.807) is 42.5 Å². The summed E-state index contributed by atoms with van der Waals surface area (Å²) in [5, 5.41) is 16.8. The molecule has 2 aromatic carbocycles. The van der Waals surface area contributed by atoms with Crippen molar-refractivity contribution in [1.29, 1.82) is 0 Å². The first-order valence-electron chi connectivity index (χ1n) is 8.60. The van der Waals surface area contributed by atoms with Gasteiger partial charge in [-0.15, -0.1) is 0 Å². The van der Waals surface area contributed by atoms with E-state index < -0.39 is 0 Å². The van der Waals surface area contributed by atoms with Gasteiger partial charge < -0.3 is 10.4 Å². The summed E-state index contributed by atoms with van der Waals surface area (Å²) in [6.45, 7) is 3.73. The highest BCUT2D eigenvalue weighted by Crippen LogP contribution is 2.23. The fourth-order valence-corrected chi connectivity index (χ4v) is 2.54. The molecule has 6 nitrogen and oxygen atoms in total. The molecule has 0 aromatic heterocycles. The molecule has 2 amide bonds. The highest BCUT2D eigenvalue weighted by Gasteiger charge is 2.10. The maximum absolute atomic E-state index is 12.0. The molecule has 0 atom stereocenters. The molecule has 3 N–H and O–H groups in total. The normalized spacial score (nSPS) is 11.1. The number of hydrazone groups is 1. The Morgan fingerprint density at radius 2 is 1.74 bits per heavy atom. The van der Waals surface area contributed by atoms with Crippen molar-refractivity contribution in [2.75, 3.05) is 5.32 Å². The molecule has 0 aliphatic heterocycles. The van der Waals surface area contributed by atoms with Gasteiger partial charge in [0.05, 0.1) is 5.71 Å². The van der Waals surface area contributed by atoms with Crippen molar-refractivity contribution in [3.8, 4) is 5.75 Å². The van der Waals surface area contributed by atoms with Crippen LogP contribution in [-0.4, -0.2) is 22.6 Å². The second-order valence-corrected chi connectivity index (χ2v) is 6.36. The second kappa shape index (κ2) is 9.73. The zero-order valence-electron chi connectivity index (χ0n) is 15.3. The lowest BCUT2D eigenvalue weighted by atomic mass is 10.1. The number of rotatable bonds is 7. The molecule has 0 aliphatic rings. The molecule has 0 fully saturated rings. The molecule has 0 spiro atoms. The highest BCUT2D eigenvalue weighted by atomic mass is 35.5. The molecule has 0 unspecified atom stereocenters. The lowest BCUT2D eigenvalue weighted by Crippen LogP contribution is -2.22. The molecule has 0 heterocycles. The number of nitrogens with one attached hydrogen (secondary N) is 2. The SMILES string of the molecule is CC/C(=N\NC(=O)CCC(=O)Nc1cccc(Cl)c1C)c1ccc(O)cc1. The van der Waals surface area contributed by atoms with E-state index in [1.807, 2.05) is 13.8 Å². The van der Waals surface area contributed by atoms with Crippen LogP contribution in [0, 0.1) is 6.92 Å². The average Bonchev–Trinajstić information content (AvgIpc) is 2.65. The molecule has 27 heavy (non-hydrogen) atoms. The molecule has 0 saturated carbocycles. The van der Waals surface area contributed by atoms with E-state index in [4.69, 9.17) is 11.6 Å². The van der Waals surface area contributed by atoms with Crippen LogP contribution in [0.2, 0.25) is 5.02 Å². The van der Waals surface area contributed by atoms with E-state index in [-0.39, 0.29) is 30.4 Å². The van der Waals surface area contributed by atoms with Crippen molar-refractivity contribution in [1.82, 2.24) is 5.43 Å². The minimum absolute atomic E-state index is 0.0154. The van der Waals surface area contributed by atoms with Crippen LogP contribution in [0.1, 0.15) is 37.3 Å². The summed E-state index contributed by atoms with van der Waals surface area (Å²) >= 11 is 6.02. The highest BCUT2D eigenvalue weighted by molar-refractivity contribution is 6.31. The molecule has 0 radical (unpaired) electrons. The fraction of sp³-hybridized carbons (Fsp3) is 0.250. The van der Waals surface area contributed by atoms with E-state index in [0.717, 1.165) is 11.1 Å². The molecule has 2 aromatic rings. The van der Waals surface area contributed by atoms with Crippen LogP contribution >= 0.6 is 11.6 Å². The first-order chi connectivity index (χ1) is 12.9. The van der Waals surface area contributed by atoms with Gasteiger partial charge in [0, 0.05) is 23.6 Å². The van der Waals surface area contributed by atoms with Gasteiger partial charge in [-0.2, -0.15) is 5.10 Å². The monoisotopic (exact) mass is 387 g/mol. The van der Waals surface area contributed by atoms with Gasteiger partial charge in [-0.3, -0.25) is 9.59 Å². The maximum Gasteiger partial charge on any atom is 0.240 e. The summed E-state index contributed by atoms with van der Waals surface area (Å²) in [5.74, 6) is -0.453. The van der Waals surface area contributed by atoms with Gasteiger partial charge in [0.15, 0.2) is 0 Å². The fourth-order valence-electron chi connectivity index (χ4n) is 2.37. The average molecular weight is 388 g/mol. The lowest BCUT2D eigenvalue weighted by molar-refractivity contribution is -0.124. The topological polar surface area (TPSA) is 90.8 Å². The number of amides is 2. The van der Waals surface area contributed by atoms with Crippen molar-refractivity contribution < 1.29 is 14.7 Å². The number of phenolic OH excluding ortho intramolecular Hbond substituents is 1. The van der Waals surface area contributed by atoms with Gasteiger partial charge in [-0.25, -0.2) is 5.43 Å². The Hall–Kier alpha value is -2.86. The predicted molar refractivity (Wildman–Crippen MR) is 107 cm³/mol. The molecular formula is C20H22ClN3O3. The molecule has 142 valence electrons. The summed E-state index contributed by atoms with van der Waals surface area (Å²) < 4.78 is 0. The maximum atomic E-state index is 12.0. The summed E-state index contributed by atoms with van der Waals surface area (Å²) in [4.78, 5) is 24.0. The Morgan fingerprint density at radius 3 is 2.41 bits per heavy atom. The number of phenols is 1. The van der Waals surface area contributed by atoms with Crippen LogP contribution in [0.4, 0.5) is 5.69 Å². The number of benzene rings is 2. The molecule has 0 aliphatic carbocycles. The van der Waals surface area contributed by atoms with E-state index >= 15 is 0 Å². The Bertz CT molecular complexity index is 848. The third kappa shape index (κ3) is 6.11. The van der Waals surface area contributed by atoms with Crippen molar-refractivity contribution >= 4 is 34.8 Å². The number of nitrogens with zero attached hydrogens (tertiary/aromatic N) is 1. The first-order valence-corrected chi connectivity index (χ1v) is 8.98. The molecule has 0 saturated heterocycles. The van der Waals surface area contributed by atoms with Crippen molar-refractivity contribution in [2.45, 2.75) is 33.1 Å². The molecule has 2 rings (SSSR count). The minimum atomic E-state index is -0.349. The van der Waals surface area contributed by atoms with Crippen LogP contribution in [0.25, 0.3) is 0 Å². The van der Waals surface area contributed by atoms with Crippen LogP contribution in [-0.2, 0) is 9.59 Å². The van der Waals surface area contributed by atoms with E-state index in [0.29, 0.717) is 22.8 Å². The van der Waals surface area contributed by atoms with Gasteiger partial charge in [-0.1, -0.05) is 24.6 Å². The quantitative estimate of drug-likeness (QED) is 0.495. The van der Waals surface area contributed by atoms with Gasteiger partial charge >= 0.3 is 0 Å². The van der Waals surface area contributed by atoms with Crippen LogP contribution in [0.3, 0.4) is 0 Å². The van der Waals surface area contributed by atoms with Gasteiger partial charge in [-0.05, 0) is 60.9 Å². The van der Waals surface area contributed by atoms with Crippen molar-refractivity contribution in [2.24, 2.45) is 5.10 Å². The van der Waals surface area contributed by atoms with E-state index in [9.17, 15) is 14.7 Å². The molecular weight excluding hydrogens is 366 g/mol. The third-order valence-electron chi connectivity index (χ3n) is 3.97. The number of carbonyl (C=O) groups excluding carboxylic acids is 2. The van der Waals surface area contributed by atoms with Crippen molar-refractivity contribution in [3.63, 3.8) is 0 Å². The van der Waals surface area contributed by atoms with Crippen molar-refractivity contribution in [3.05, 3.63) is 58.6 Å². The smallest absolute Gasteiger partial charge is 0.240 e. The summed E-state index contributed by atoms with van der Waals surface area (Å²) in [5.41, 5.74) is 5.38. The zero-order valence-corrected chi connectivity index (χ0v) is 16.0. The number of hydrogen-bond acceptors (Lipinski definition) is 4. The third-order valence-corrected chi connectivity index (χ3v) is 4.38. The predicted octanol–water partition coefficient (Wildman–Crippen LogP) is 4.00. The van der Waals surface area contributed by atoms with E-state index in [1.165, 1.54) is 0 Å². The van der Waals surface area contributed by atoms with Crippen LogP contribution < -0.4 is 10.7 Å². The summed E-state index contributed by atoms with van der Waals surface area (Å²) in [6.07, 6.45) is 0.662. The Kier molecular flexibility index (Phi) is 7.37. The van der Waals surface area contributed by atoms with Crippen LogP contribution in [0.15, 0.2) is 47.6 Å². The van der Waals surface area contributed by atoms with Gasteiger partial charge in [0.1, 0.15) is 5.75 Å². The number of aromatic hydroxyl groups is 1. The standard InChI is InChI=1S/C20H22ClN3O3/c1-3-17(14-7-9-15(25)10-8-14)23-24-20(27)12-11-19(26)22-18-6-4-5-16(21)13(18)2/h4-10,25H,3,11-12H2,1-2H3,(H,22,26)(H,24,27)/b23-17+. The second-order valence-electron chi connectivity index (χ2n) is 5.95. The van der Waals surface area contributed by atoms with Gasteiger partial charge in [0.25, 0.3) is 0 Å². The van der Waals surface area contributed by atoms with Gasteiger partial charge in [0.2, 0.25) is 11.8 Å². The lowest BCUT2D eigenvalue weighted by Gasteiger charge is -2.09. The Balaban J connectivity index is 1.86. The summed E-state index contributed by atoms with van der Waals surface area (Å²) in [6, 6.07) is 11.8. The summed E-state index contributed by atoms with van der Waals surface area (Å²) in [7, 11) is 0. The Morgan fingerprint density at radius 1 is 1.07 bits per heavy atom. The number of hydrogen-bond donors (Lipinski definition) is 3. The molecule has 0 bridgehead atoms. The van der Waals surface area contributed by atoms with Crippen LogP contribution in [0.5, 0.6) is 5.75 Å².